The molecule has 3 rings (SSSR count). The minimum atomic E-state index is -0.581. The van der Waals surface area contributed by atoms with Crippen molar-refractivity contribution in [3.63, 3.8) is 0 Å². The monoisotopic (exact) mass is 428 g/mol. The number of carbonyl (C=O) groups is 3. The first-order valence-corrected chi connectivity index (χ1v) is 11.5. The van der Waals surface area contributed by atoms with Gasteiger partial charge in [0.05, 0.1) is 0 Å². The summed E-state index contributed by atoms with van der Waals surface area (Å²) in [5.41, 5.74) is 3.57. The fourth-order valence-electron chi connectivity index (χ4n) is 4.74. The molecule has 2 heterocycles. The van der Waals surface area contributed by atoms with E-state index in [2.05, 4.69) is 29.8 Å². The molecule has 3 amide bonds. The van der Waals surface area contributed by atoms with E-state index in [0.717, 1.165) is 5.56 Å². The first-order chi connectivity index (χ1) is 14.8. The third kappa shape index (κ3) is 5.57. The van der Waals surface area contributed by atoms with Crippen molar-refractivity contribution in [1.82, 2.24) is 19.7 Å². The summed E-state index contributed by atoms with van der Waals surface area (Å²) in [6.45, 7) is 9.54. The first kappa shape index (κ1) is 23.1. The van der Waals surface area contributed by atoms with Crippen LogP contribution in [0.1, 0.15) is 68.9 Å². The van der Waals surface area contributed by atoms with Crippen LogP contribution in [-0.2, 0) is 14.4 Å². The molecule has 1 saturated heterocycles. The Kier molecular flexibility index (Phi) is 7.57. The van der Waals surface area contributed by atoms with Crippen LogP contribution in [0.4, 0.5) is 0 Å². The van der Waals surface area contributed by atoms with E-state index in [1.54, 1.807) is 11.0 Å². The van der Waals surface area contributed by atoms with Gasteiger partial charge in [-0.1, -0.05) is 19.3 Å². The fourth-order valence-corrected chi connectivity index (χ4v) is 4.74. The van der Waals surface area contributed by atoms with E-state index < -0.39 is 11.8 Å². The topological polar surface area (TPSA) is 74.7 Å². The Labute approximate surface area is 185 Å². The molecule has 1 aromatic heterocycles. The van der Waals surface area contributed by atoms with Crippen LogP contribution in [0.3, 0.4) is 0 Å². The van der Waals surface area contributed by atoms with Crippen molar-refractivity contribution in [3.8, 4) is 0 Å². The van der Waals surface area contributed by atoms with E-state index >= 15 is 0 Å². The normalized spacial score (nSPS) is 18.1. The van der Waals surface area contributed by atoms with E-state index in [-0.39, 0.29) is 11.9 Å². The largest absolute Gasteiger partial charge is 0.346 e. The van der Waals surface area contributed by atoms with Crippen LogP contribution in [0.5, 0.6) is 0 Å². The number of nitrogens with one attached hydrogen (secondary N) is 1. The lowest BCUT2D eigenvalue weighted by Gasteiger charge is -2.33. The number of amides is 3. The number of nitrogens with zero attached hydrogens (tertiary/aromatic N) is 3. The van der Waals surface area contributed by atoms with Crippen LogP contribution in [0.2, 0.25) is 0 Å². The zero-order chi connectivity index (χ0) is 22.5. The summed E-state index contributed by atoms with van der Waals surface area (Å²) in [7, 11) is 0. The van der Waals surface area contributed by atoms with Crippen molar-refractivity contribution >= 4 is 23.8 Å². The molecule has 0 radical (unpaired) electrons. The molecule has 2 fully saturated rings. The molecular formula is C24H36N4O3. The van der Waals surface area contributed by atoms with Gasteiger partial charge in [-0.3, -0.25) is 14.4 Å². The summed E-state index contributed by atoms with van der Waals surface area (Å²) in [6.07, 6.45) is 9.93. The predicted molar refractivity (Wildman–Crippen MR) is 122 cm³/mol. The van der Waals surface area contributed by atoms with Crippen LogP contribution in [0.15, 0.2) is 12.1 Å². The van der Waals surface area contributed by atoms with Gasteiger partial charge in [-0.25, -0.2) is 0 Å². The van der Waals surface area contributed by atoms with Crippen LogP contribution in [-0.4, -0.2) is 64.3 Å². The Bertz CT molecular complexity index is 841. The lowest BCUT2D eigenvalue weighted by Crippen LogP contribution is -2.54. The average molecular weight is 429 g/mol. The third-order valence-corrected chi connectivity index (χ3v) is 6.36. The maximum Gasteiger partial charge on any atom is 0.312 e. The van der Waals surface area contributed by atoms with Crippen molar-refractivity contribution < 1.29 is 14.4 Å². The van der Waals surface area contributed by atoms with Crippen LogP contribution in [0.25, 0.3) is 6.08 Å². The number of hydrogen-bond donors (Lipinski definition) is 1. The van der Waals surface area contributed by atoms with Gasteiger partial charge in [0.25, 0.3) is 0 Å². The summed E-state index contributed by atoms with van der Waals surface area (Å²) in [6, 6.07) is 2.66. The van der Waals surface area contributed by atoms with Crippen molar-refractivity contribution in [2.75, 3.05) is 26.2 Å². The zero-order valence-corrected chi connectivity index (χ0v) is 19.3. The van der Waals surface area contributed by atoms with E-state index in [4.69, 9.17) is 0 Å². The van der Waals surface area contributed by atoms with E-state index in [9.17, 15) is 14.4 Å². The molecule has 31 heavy (non-hydrogen) atoms. The van der Waals surface area contributed by atoms with Crippen LogP contribution >= 0.6 is 0 Å². The molecule has 1 aliphatic carbocycles. The van der Waals surface area contributed by atoms with E-state index in [0.29, 0.717) is 32.2 Å². The quantitative estimate of drug-likeness (QED) is 0.592. The summed E-state index contributed by atoms with van der Waals surface area (Å²) in [5.74, 6) is -1.16. The maximum absolute atomic E-state index is 12.7. The smallest absolute Gasteiger partial charge is 0.312 e. The van der Waals surface area contributed by atoms with Gasteiger partial charge < -0.3 is 19.7 Å². The average Bonchev–Trinajstić information content (AvgIpc) is 3.04. The van der Waals surface area contributed by atoms with Crippen LogP contribution < -0.4 is 5.32 Å². The highest BCUT2D eigenvalue weighted by Gasteiger charge is 2.27. The minimum Gasteiger partial charge on any atom is -0.346 e. The molecule has 0 aromatic carbocycles. The molecule has 2 aliphatic rings. The number of rotatable bonds is 4. The van der Waals surface area contributed by atoms with Gasteiger partial charge >= 0.3 is 11.8 Å². The molecule has 0 bridgehead atoms. The molecular weight excluding hydrogens is 392 g/mol. The molecule has 0 spiro atoms. The first-order valence-electron chi connectivity index (χ1n) is 11.5. The van der Waals surface area contributed by atoms with Crippen molar-refractivity contribution in [2.45, 2.75) is 71.9 Å². The summed E-state index contributed by atoms with van der Waals surface area (Å²) in [4.78, 5) is 40.1. The van der Waals surface area contributed by atoms with Crippen molar-refractivity contribution in [3.05, 3.63) is 29.1 Å². The highest BCUT2D eigenvalue weighted by Crippen LogP contribution is 2.32. The molecule has 1 saturated carbocycles. The van der Waals surface area contributed by atoms with Gasteiger partial charge in [-0.15, -0.1) is 0 Å². The summed E-state index contributed by atoms with van der Waals surface area (Å²) >= 11 is 0. The highest BCUT2D eigenvalue weighted by molar-refractivity contribution is 6.35. The Morgan fingerprint density at radius 1 is 1.00 bits per heavy atom. The number of aromatic nitrogens is 1. The molecule has 0 atom stereocenters. The molecule has 1 aliphatic heterocycles. The highest BCUT2D eigenvalue weighted by atomic mass is 16.2. The van der Waals surface area contributed by atoms with Gasteiger partial charge in [0, 0.05) is 55.7 Å². The van der Waals surface area contributed by atoms with Gasteiger partial charge in [-0.05, 0) is 58.2 Å². The summed E-state index contributed by atoms with van der Waals surface area (Å²) < 4.78 is 2.44. The number of hydrogen-bond acceptors (Lipinski definition) is 3. The minimum absolute atomic E-state index is 0.0544. The Hall–Kier alpha value is -2.57. The lowest BCUT2D eigenvalue weighted by molar-refractivity contribution is -0.148. The van der Waals surface area contributed by atoms with Gasteiger partial charge in [0.15, 0.2) is 0 Å². The molecule has 1 N–H and O–H groups in total. The second kappa shape index (κ2) is 10.2. The standard InChI is InChI=1S/C24H36N4O3/c1-17(2)25-23(30)24(31)27-14-12-26(13-15-27)22(29)11-10-20-16-18(3)28(19(20)4)21-8-6-5-7-9-21/h10-11,16-17,21H,5-9,12-15H2,1-4H3,(H,25,30)/b11-10+. The van der Waals surface area contributed by atoms with Crippen molar-refractivity contribution in [2.24, 2.45) is 0 Å². The van der Waals surface area contributed by atoms with Gasteiger partial charge in [0.1, 0.15) is 0 Å². The second-order valence-electron chi connectivity index (χ2n) is 9.07. The van der Waals surface area contributed by atoms with Gasteiger partial charge in [-0.2, -0.15) is 0 Å². The molecule has 7 nitrogen and oxygen atoms in total. The van der Waals surface area contributed by atoms with Crippen molar-refractivity contribution in [1.29, 1.82) is 0 Å². The van der Waals surface area contributed by atoms with E-state index in [1.165, 1.54) is 48.4 Å². The molecule has 170 valence electrons. The lowest BCUT2D eigenvalue weighted by atomic mass is 9.95. The predicted octanol–water partition coefficient (Wildman–Crippen LogP) is 2.82. The van der Waals surface area contributed by atoms with Gasteiger partial charge in [0.2, 0.25) is 5.91 Å². The molecule has 0 unspecified atom stereocenters. The fraction of sp³-hybridized carbons (Fsp3) is 0.625. The van der Waals surface area contributed by atoms with Crippen LogP contribution in [0, 0.1) is 13.8 Å². The van der Waals surface area contributed by atoms with E-state index in [1.807, 2.05) is 19.9 Å². The molecule has 1 aromatic rings. The SMILES string of the molecule is Cc1cc(/C=C/C(=O)N2CCN(C(=O)C(=O)NC(C)C)CC2)c(C)n1C1CCCCC1. The number of carbonyl (C=O) groups excluding carboxylic acids is 3. The number of piperazine rings is 1. The Balaban J connectivity index is 1.57. The maximum atomic E-state index is 12.7. The Morgan fingerprint density at radius 3 is 2.23 bits per heavy atom. The number of aryl methyl sites for hydroxylation is 1. The summed E-state index contributed by atoms with van der Waals surface area (Å²) in [5, 5.41) is 2.62. The zero-order valence-electron chi connectivity index (χ0n) is 19.3. The second-order valence-corrected chi connectivity index (χ2v) is 9.07. The third-order valence-electron chi connectivity index (χ3n) is 6.36. The molecule has 7 heteroatoms. The Morgan fingerprint density at radius 2 is 1.61 bits per heavy atom.